The first-order chi connectivity index (χ1) is 8.83. The number of halogens is 1. The van der Waals surface area contributed by atoms with Gasteiger partial charge < -0.3 is 14.4 Å². The summed E-state index contributed by atoms with van der Waals surface area (Å²) in [6, 6.07) is 8.29. The normalized spacial score (nSPS) is 20.3. The fourth-order valence-corrected chi connectivity index (χ4v) is 2.33. The lowest BCUT2D eigenvalue weighted by Crippen LogP contribution is -2.18. The molecule has 0 saturated carbocycles. The van der Waals surface area contributed by atoms with Crippen molar-refractivity contribution in [2.24, 2.45) is 0 Å². The molecule has 2 aliphatic rings. The highest BCUT2D eigenvalue weighted by Gasteiger charge is 2.19. The Hall–Kier alpha value is -1.10. The third-order valence-corrected chi connectivity index (χ3v) is 3.58. The minimum absolute atomic E-state index is 0.207. The molecule has 1 saturated heterocycles. The summed E-state index contributed by atoms with van der Waals surface area (Å²) in [5.74, 6) is 0. The van der Waals surface area contributed by atoms with Crippen molar-refractivity contribution in [2.45, 2.75) is 6.29 Å². The molecule has 0 radical (unpaired) electrons. The van der Waals surface area contributed by atoms with Crippen molar-refractivity contribution in [3.8, 4) is 0 Å². The van der Waals surface area contributed by atoms with Gasteiger partial charge in [-0.3, -0.25) is 0 Å². The van der Waals surface area contributed by atoms with Crippen molar-refractivity contribution in [1.29, 1.82) is 0 Å². The SMILES string of the molecule is BrC1=CCN(c2cccc(C3OCCO3)c2)C=C1. The van der Waals surface area contributed by atoms with E-state index in [1.54, 1.807) is 0 Å². The van der Waals surface area contributed by atoms with E-state index in [0.717, 1.165) is 22.3 Å². The fraction of sp³-hybridized carbons (Fsp3) is 0.286. The third-order valence-electron chi connectivity index (χ3n) is 2.99. The Kier molecular flexibility index (Phi) is 3.50. The van der Waals surface area contributed by atoms with Crippen LogP contribution in [-0.4, -0.2) is 19.8 Å². The van der Waals surface area contributed by atoms with Crippen LogP contribution in [0.15, 0.2) is 47.1 Å². The van der Waals surface area contributed by atoms with Crippen LogP contribution in [-0.2, 0) is 9.47 Å². The van der Waals surface area contributed by atoms with Crippen LogP contribution in [0.2, 0.25) is 0 Å². The van der Waals surface area contributed by atoms with Gasteiger partial charge in [-0.25, -0.2) is 0 Å². The monoisotopic (exact) mass is 307 g/mol. The molecule has 0 bridgehead atoms. The smallest absolute Gasteiger partial charge is 0.184 e. The largest absolute Gasteiger partial charge is 0.346 e. The zero-order chi connectivity index (χ0) is 12.4. The number of hydrogen-bond acceptors (Lipinski definition) is 3. The van der Waals surface area contributed by atoms with E-state index < -0.39 is 0 Å². The average Bonchev–Trinajstić information content (AvgIpc) is 2.94. The molecule has 1 aromatic rings. The van der Waals surface area contributed by atoms with Gasteiger partial charge in [0.05, 0.1) is 13.2 Å². The van der Waals surface area contributed by atoms with Gasteiger partial charge in [0.25, 0.3) is 0 Å². The number of allylic oxidation sites excluding steroid dienone is 2. The van der Waals surface area contributed by atoms with E-state index in [0.29, 0.717) is 13.2 Å². The molecule has 0 spiro atoms. The average molecular weight is 308 g/mol. The number of nitrogens with zero attached hydrogens (tertiary/aromatic N) is 1. The number of anilines is 1. The first kappa shape index (κ1) is 12.0. The molecule has 0 amide bonds. The summed E-state index contributed by atoms with van der Waals surface area (Å²) in [5, 5.41) is 0. The van der Waals surface area contributed by atoms with Crippen molar-refractivity contribution >= 4 is 21.6 Å². The molecule has 0 atom stereocenters. The van der Waals surface area contributed by atoms with Crippen molar-refractivity contribution in [3.63, 3.8) is 0 Å². The summed E-state index contributed by atoms with van der Waals surface area (Å²) in [6.45, 7) is 2.22. The van der Waals surface area contributed by atoms with Gasteiger partial charge in [0.15, 0.2) is 6.29 Å². The van der Waals surface area contributed by atoms with Crippen molar-refractivity contribution in [2.75, 3.05) is 24.7 Å². The molecular formula is C14H14BrNO2. The van der Waals surface area contributed by atoms with E-state index in [2.05, 4.69) is 45.2 Å². The zero-order valence-corrected chi connectivity index (χ0v) is 11.5. The second-order valence-electron chi connectivity index (χ2n) is 4.23. The van der Waals surface area contributed by atoms with Crippen molar-refractivity contribution in [3.05, 3.63) is 52.7 Å². The Morgan fingerprint density at radius 1 is 1.22 bits per heavy atom. The Morgan fingerprint density at radius 2 is 2.06 bits per heavy atom. The van der Waals surface area contributed by atoms with Crippen LogP contribution in [0.5, 0.6) is 0 Å². The highest BCUT2D eigenvalue weighted by Crippen LogP contribution is 2.28. The lowest BCUT2D eigenvalue weighted by molar-refractivity contribution is -0.0440. The van der Waals surface area contributed by atoms with Crippen molar-refractivity contribution < 1.29 is 9.47 Å². The number of benzene rings is 1. The third kappa shape index (κ3) is 2.51. The summed E-state index contributed by atoms with van der Waals surface area (Å²) >= 11 is 3.46. The molecule has 2 heterocycles. The predicted octanol–water partition coefficient (Wildman–Crippen LogP) is 3.34. The molecule has 0 aliphatic carbocycles. The summed E-state index contributed by atoms with van der Waals surface area (Å²) in [6.07, 6.45) is 6.04. The standard InChI is InChI=1S/C14H14BrNO2/c15-12-4-6-16(7-5-12)13-3-1-2-11(10-13)14-17-8-9-18-14/h1-6,10,14H,7-9H2. The van der Waals surface area contributed by atoms with Gasteiger partial charge in [0.1, 0.15) is 0 Å². The van der Waals surface area contributed by atoms with E-state index >= 15 is 0 Å². The minimum Gasteiger partial charge on any atom is -0.346 e. The van der Waals surface area contributed by atoms with Gasteiger partial charge in [-0.2, -0.15) is 0 Å². The molecule has 1 fully saturated rings. The lowest BCUT2D eigenvalue weighted by Gasteiger charge is -2.22. The maximum atomic E-state index is 5.52. The van der Waals surface area contributed by atoms with Crippen LogP contribution in [0.4, 0.5) is 5.69 Å². The van der Waals surface area contributed by atoms with Gasteiger partial charge in [-0.1, -0.05) is 34.1 Å². The highest BCUT2D eigenvalue weighted by molar-refractivity contribution is 9.11. The van der Waals surface area contributed by atoms with E-state index in [1.165, 1.54) is 0 Å². The van der Waals surface area contributed by atoms with Crippen LogP contribution in [0, 0.1) is 0 Å². The number of rotatable bonds is 2. The van der Waals surface area contributed by atoms with Gasteiger partial charge in [0, 0.05) is 28.5 Å². The van der Waals surface area contributed by atoms with Gasteiger partial charge in [0.2, 0.25) is 0 Å². The lowest BCUT2D eigenvalue weighted by atomic mass is 10.1. The molecule has 94 valence electrons. The first-order valence-corrected chi connectivity index (χ1v) is 6.76. The first-order valence-electron chi connectivity index (χ1n) is 5.96. The quantitative estimate of drug-likeness (QED) is 0.836. The Labute approximate surface area is 115 Å². The molecule has 0 N–H and O–H groups in total. The second-order valence-corrected chi connectivity index (χ2v) is 5.14. The minimum atomic E-state index is -0.207. The Balaban J connectivity index is 1.81. The molecule has 4 heteroatoms. The van der Waals surface area contributed by atoms with E-state index in [9.17, 15) is 0 Å². The van der Waals surface area contributed by atoms with Gasteiger partial charge in [-0.05, 0) is 18.2 Å². The maximum Gasteiger partial charge on any atom is 0.184 e. The van der Waals surface area contributed by atoms with E-state index in [4.69, 9.17) is 9.47 Å². The van der Waals surface area contributed by atoms with Crippen LogP contribution in [0.25, 0.3) is 0 Å². The summed E-state index contributed by atoms with van der Waals surface area (Å²) < 4.78 is 12.2. The van der Waals surface area contributed by atoms with Crippen molar-refractivity contribution in [1.82, 2.24) is 0 Å². The highest BCUT2D eigenvalue weighted by atomic mass is 79.9. The number of ether oxygens (including phenoxy) is 2. The summed E-state index contributed by atoms with van der Waals surface area (Å²) in [4.78, 5) is 2.18. The molecule has 3 nitrogen and oxygen atoms in total. The topological polar surface area (TPSA) is 21.7 Å². The van der Waals surface area contributed by atoms with Crippen LogP contribution in [0.3, 0.4) is 0 Å². The van der Waals surface area contributed by atoms with Gasteiger partial charge >= 0.3 is 0 Å². The van der Waals surface area contributed by atoms with E-state index in [1.807, 2.05) is 18.2 Å². The predicted molar refractivity (Wildman–Crippen MR) is 74.6 cm³/mol. The van der Waals surface area contributed by atoms with Crippen LogP contribution in [0.1, 0.15) is 11.9 Å². The molecule has 0 aromatic heterocycles. The Morgan fingerprint density at radius 3 is 2.78 bits per heavy atom. The molecule has 1 aromatic carbocycles. The molecule has 0 unspecified atom stereocenters. The molecular weight excluding hydrogens is 294 g/mol. The molecule has 3 rings (SSSR count). The van der Waals surface area contributed by atoms with Crippen LogP contribution >= 0.6 is 15.9 Å². The number of hydrogen-bond donors (Lipinski definition) is 0. The fourth-order valence-electron chi connectivity index (χ4n) is 2.07. The summed E-state index contributed by atoms with van der Waals surface area (Å²) in [5.41, 5.74) is 2.23. The molecule has 18 heavy (non-hydrogen) atoms. The Bertz CT molecular complexity index is 492. The second kappa shape index (κ2) is 5.26. The van der Waals surface area contributed by atoms with Gasteiger partial charge in [-0.15, -0.1) is 0 Å². The molecule has 2 aliphatic heterocycles. The van der Waals surface area contributed by atoms with Crippen LogP contribution < -0.4 is 4.90 Å². The zero-order valence-electron chi connectivity index (χ0n) is 9.88. The summed E-state index contributed by atoms with van der Waals surface area (Å²) in [7, 11) is 0. The van der Waals surface area contributed by atoms with E-state index in [-0.39, 0.29) is 6.29 Å². The maximum absolute atomic E-state index is 5.52.